The Morgan fingerprint density at radius 1 is 1.10 bits per heavy atom. The first kappa shape index (κ1) is 30.6. The second kappa shape index (κ2) is 14.5. The molecule has 3 N–H and O–H groups in total. The van der Waals surface area contributed by atoms with Crippen molar-refractivity contribution in [1.82, 2.24) is 19.6 Å². The van der Waals surface area contributed by atoms with Crippen LogP contribution in [0.1, 0.15) is 42.6 Å². The third-order valence-corrected chi connectivity index (χ3v) is 8.63. The van der Waals surface area contributed by atoms with Crippen molar-refractivity contribution in [3.63, 3.8) is 0 Å². The zero-order chi connectivity index (χ0) is 27.9. The molecule has 218 valence electrons. The molecule has 0 amide bonds. The summed E-state index contributed by atoms with van der Waals surface area (Å²) < 4.78 is 33.4. The van der Waals surface area contributed by atoms with Crippen LogP contribution in [0.2, 0.25) is 0 Å². The smallest absolute Gasteiger partial charge is 0.137 e. The zero-order valence-corrected chi connectivity index (χ0v) is 24.3. The maximum absolute atomic E-state index is 13.1. The number of likely N-dealkylation sites (tertiary alicyclic amines) is 1. The highest BCUT2D eigenvalue weighted by molar-refractivity contribution is 7.83. The number of ether oxygens (including phenoxy) is 3. The van der Waals surface area contributed by atoms with Crippen molar-refractivity contribution in [2.45, 2.75) is 49.1 Å². The molecule has 10 nitrogen and oxygen atoms in total. The lowest BCUT2D eigenvalue weighted by Gasteiger charge is -2.29. The van der Waals surface area contributed by atoms with E-state index >= 15 is 0 Å². The quantitative estimate of drug-likeness (QED) is 0.408. The van der Waals surface area contributed by atoms with Crippen LogP contribution in [0.3, 0.4) is 0 Å². The van der Waals surface area contributed by atoms with Crippen molar-refractivity contribution in [1.29, 1.82) is 5.26 Å². The van der Waals surface area contributed by atoms with E-state index in [2.05, 4.69) is 27.7 Å². The fraction of sp³-hybridized carbons (Fsp3) is 0.433. The van der Waals surface area contributed by atoms with E-state index < -0.39 is 11.0 Å². The zero-order valence-electron chi connectivity index (χ0n) is 23.5. The van der Waals surface area contributed by atoms with Gasteiger partial charge < -0.3 is 24.6 Å². The van der Waals surface area contributed by atoms with Crippen molar-refractivity contribution in [3.05, 3.63) is 65.6 Å². The summed E-state index contributed by atoms with van der Waals surface area (Å²) in [5, 5.41) is 9.75. The van der Waals surface area contributed by atoms with Crippen LogP contribution in [-0.2, 0) is 22.1 Å². The van der Waals surface area contributed by atoms with Gasteiger partial charge in [0, 0.05) is 37.1 Å². The highest BCUT2D eigenvalue weighted by Gasteiger charge is 2.21. The highest BCUT2D eigenvalue weighted by atomic mass is 32.2. The fourth-order valence-corrected chi connectivity index (χ4v) is 6.18. The number of nitriles is 1. The second-order valence-corrected chi connectivity index (χ2v) is 11.4. The Hall–Kier alpha value is -3.40. The van der Waals surface area contributed by atoms with Gasteiger partial charge in [0.15, 0.2) is 0 Å². The van der Waals surface area contributed by atoms with Gasteiger partial charge in [-0.2, -0.15) is 5.26 Å². The largest absolute Gasteiger partial charge is 0.495 e. The van der Waals surface area contributed by atoms with Gasteiger partial charge in [-0.25, -0.2) is 18.9 Å². The number of rotatable bonds is 9. The summed E-state index contributed by atoms with van der Waals surface area (Å²) in [4.78, 5) is 12.1. The molecule has 0 aliphatic carbocycles. The topological polar surface area (TPSA) is 141 Å². The summed E-state index contributed by atoms with van der Waals surface area (Å²) in [5.74, 6) is 1.80. The van der Waals surface area contributed by atoms with Gasteiger partial charge >= 0.3 is 0 Å². The summed E-state index contributed by atoms with van der Waals surface area (Å²) in [6.45, 7) is 3.35. The van der Waals surface area contributed by atoms with E-state index in [1.165, 1.54) is 0 Å². The van der Waals surface area contributed by atoms with Gasteiger partial charge in [-0.3, -0.25) is 0 Å². The Kier molecular flexibility index (Phi) is 10.8. The number of benzene rings is 2. The Labute approximate surface area is 243 Å². The SMILES string of the molecule is COc1cc(Cc2nccc(-c3ccc(OC4CCOCC4)c(C#N)c3)n2)ccc1S(=O)NC1CCN(C)CC1.O. The molecule has 0 radical (unpaired) electrons. The van der Waals surface area contributed by atoms with Crippen LogP contribution in [0.4, 0.5) is 0 Å². The number of piperidine rings is 1. The van der Waals surface area contributed by atoms with Crippen LogP contribution >= 0.6 is 0 Å². The van der Waals surface area contributed by atoms with Crippen LogP contribution in [0.15, 0.2) is 53.6 Å². The maximum atomic E-state index is 13.1. The van der Waals surface area contributed by atoms with E-state index in [1.54, 1.807) is 13.3 Å². The first-order valence-electron chi connectivity index (χ1n) is 13.7. The van der Waals surface area contributed by atoms with Crippen molar-refractivity contribution >= 4 is 11.0 Å². The Balaban J connectivity index is 0.00000387. The Bertz CT molecular complexity index is 1380. The highest BCUT2D eigenvalue weighted by Crippen LogP contribution is 2.29. The number of nitrogens with zero attached hydrogens (tertiary/aromatic N) is 4. The van der Waals surface area contributed by atoms with Gasteiger partial charge in [0.1, 0.15) is 40.5 Å². The summed E-state index contributed by atoms with van der Waals surface area (Å²) >= 11 is 0. The van der Waals surface area contributed by atoms with Crippen molar-refractivity contribution in [2.24, 2.45) is 0 Å². The molecule has 2 aromatic carbocycles. The molecule has 11 heteroatoms. The maximum Gasteiger partial charge on any atom is 0.137 e. The van der Waals surface area contributed by atoms with Gasteiger partial charge in [-0.1, -0.05) is 6.07 Å². The average molecular weight is 580 g/mol. The average Bonchev–Trinajstić information content (AvgIpc) is 2.99. The van der Waals surface area contributed by atoms with Crippen molar-refractivity contribution in [2.75, 3.05) is 40.5 Å². The predicted octanol–water partition coefficient (Wildman–Crippen LogP) is 3.05. The van der Waals surface area contributed by atoms with Gasteiger partial charge in [0.05, 0.1) is 36.5 Å². The summed E-state index contributed by atoms with van der Waals surface area (Å²) in [6, 6.07) is 15.6. The van der Waals surface area contributed by atoms with Gasteiger partial charge in [-0.05, 0) is 74.9 Å². The number of hydrogen-bond donors (Lipinski definition) is 1. The predicted molar refractivity (Wildman–Crippen MR) is 156 cm³/mol. The van der Waals surface area contributed by atoms with E-state index in [1.807, 2.05) is 42.5 Å². The summed E-state index contributed by atoms with van der Waals surface area (Å²) in [6.07, 6.45) is 5.84. The Morgan fingerprint density at radius 2 is 1.88 bits per heavy atom. The molecule has 0 bridgehead atoms. The molecule has 2 fully saturated rings. The van der Waals surface area contributed by atoms with E-state index in [-0.39, 0.29) is 17.6 Å². The molecule has 1 unspecified atom stereocenters. The van der Waals surface area contributed by atoms with Crippen LogP contribution in [0.25, 0.3) is 11.3 Å². The standard InChI is InChI=1S/C30H35N5O4S.H2O/c1-35-13-8-24(9-14-35)34-40(36)29-6-3-21(17-28(29)37-2)18-30-32-12-7-26(33-30)22-4-5-27(23(19-22)20-31)39-25-10-15-38-16-11-25;/h3-7,12,17,19,24-25,34H,8-11,13-16,18H2,1-2H3;1H2. The lowest BCUT2D eigenvalue weighted by molar-refractivity contribution is 0.0254. The molecule has 1 aromatic heterocycles. The monoisotopic (exact) mass is 579 g/mol. The first-order valence-corrected chi connectivity index (χ1v) is 14.8. The summed E-state index contributed by atoms with van der Waals surface area (Å²) in [7, 11) is 2.34. The number of aromatic nitrogens is 2. The molecule has 3 heterocycles. The lowest BCUT2D eigenvalue weighted by atomic mass is 10.1. The molecule has 3 aromatic rings. The molecule has 41 heavy (non-hydrogen) atoms. The van der Waals surface area contributed by atoms with E-state index in [9.17, 15) is 9.47 Å². The first-order chi connectivity index (χ1) is 19.5. The van der Waals surface area contributed by atoms with E-state index in [4.69, 9.17) is 19.2 Å². The summed E-state index contributed by atoms with van der Waals surface area (Å²) in [5.41, 5.74) is 2.98. The third-order valence-electron chi connectivity index (χ3n) is 7.35. The van der Waals surface area contributed by atoms with Crippen LogP contribution in [-0.4, -0.2) is 77.2 Å². The van der Waals surface area contributed by atoms with Crippen molar-refractivity contribution < 1.29 is 23.9 Å². The minimum Gasteiger partial charge on any atom is -0.495 e. The molecule has 0 spiro atoms. The molecule has 2 aliphatic heterocycles. The fourth-order valence-electron chi connectivity index (χ4n) is 5.00. The van der Waals surface area contributed by atoms with Crippen LogP contribution < -0.4 is 14.2 Å². The minimum atomic E-state index is -1.36. The number of hydrogen-bond acceptors (Lipinski definition) is 8. The molecule has 1 atom stereocenters. The molecule has 0 saturated carbocycles. The number of methoxy groups -OCH3 is 1. The molecule has 2 aliphatic rings. The van der Waals surface area contributed by atoms with E-state index in [0.29, 0.717) is 47.4 Å². The van der Waals surface area contributed by atoms with Gasteiger partial charge in [-0.15, -0.1) is 0 Å². The molecule has 2 saturated heterocycles. The Morgan fingerprint density at radius 3 is 2.61 bits per heavy atom. The van der Waals surface area contributed by atoms with Crippen LogP contribution in [0.5, 0.6) is 11.5 Å². The molecular weight excluding hydrogens is 542 g/mol. The third kappa shape index (κ3) is 7.87. The van der Waals surface area contributed by atoms with Crippen molar-refractivity contribution in [3.8, 4) is 28.8 Å². The van der Waals surface area contributed by atoms with E-state index in [0.717, 1.165) is 55.6 Å². The second-order valence-electron chi connectivity index (χ2n) is 10.2. The normalized spacial score (nSPS) is 17.3. The van der Waals surface area contributed by atoms with Gasteiger partial charge in [0.25, 0.3) is 0 Å². The minimum absolute atomic E-state index is 0. The lowest BCUT2D eigenvalue weighted by Crippen LogP contribution is -2.41. The number of nitrogens with one attached hydrogen (secondary N) is 1. The van der Waals surface area contributed by atoms with Crippen LogP contribution in [0, 0.1) is 11.3 Å². The van der Waals surface area contributed by atoms with Gasteiger partial charge in [0.2, 0.25) is 0 Å². The molecule has 5 rings (SSSR count). The molecular formula is C30H37N5O5S.